The van der Waals surface area contributed by atoms with Crippen molar-refractivity contribution < 1.29 is 42.6 Å². The zero-order valence-electron chi connectivity index (χ0n) is 17.1. The van der Waals surface area contributed by atoms with Gasteiger partial charge in [-0.05, 0) is 5.56 Å². The minimum absolute atomic E-state index is 0.0670. The summed E-state index contributed by atoms with van der Waals surface area (Å²) in [4.78, 5) is 0. The Hall–Kier alpha value is -1.14. The van der Waals surface area contributed by atoms with E-state index in [4.69, 9.17) is 42.6 Å². The monoisotopic (exact) mass is 414 g/mol. The summed E-state index contributed by atoms with van der Waals surface area (Å²) in [5.74, 6) is 0. The van der Waals surface area contributed by atoms with E-state index in [-0.39, 0.29) is 26.5 Å². The fourth-order valence-corrected chi connectivity index (χ4v) is 3.49. The number of hydrogen-bond acceptors (Lipinski definition) is 9. The smallest absolute Gasteiger partial charge is 0.187 e. The van der Waals surface area contributed by atoms with Gasteiger partial charge in [-0.3, -0.25) is 0 Å². The Balaban J connectivity index is 1.67. The molecule has 9 heteroatoms. The predicted molar refractivity (Wildman–Crippen MR) is 99.9 cm³/mol. The molecule has 0 aliphatic carbocycles. The topological polar surface area (TPSA) is 83.1 Å². The highest BCUT2D eigenvalue weighted by atomic mass is 16.8. The molecule has 0 aromatic heterocycles. The van der Waals surface area contributed by atoms with Gasteiger partial charge in [0.1, 0.15) is 50.9 Å². The van der Waals surface area contributed by atoms with Crippen LogP contribution in [0.1, 0.15) is 5.56 Å². The zero-order valence-corrected chi connectivity index (χ0v) is 17.1. The molecule has 0 N–H and O–H groups in total. The largest absolute Gasteiger partial charge is 0.374 e. The maximum Gasteiger partial charge on any atom is 0.187 e. The van der Waals surface area contributed by atoms with Gasteiger partial charge >= 0.3 is 0 Å². The number of hydrogen-bond donors (Lipinski definition) is 0. The van der Waals surface area contributed by atoms with Crippen LogP contribution < -0.4 is 0 Å². The van der Waals surface area contributed by atoms with E-state index in [9.17, 15) is 0 Å². The van der Waals surface area contributed by atoms with Crippen molar-refractivity contribution in [3.05, 3.63) is 35.9 Å². The van der Waals surface area contributed by atoms with E-state index in [1.54, 1.807) is 21.3 Å². The van der Waals surface area contributed by atoms with E-state index in [2.05, 4.69) is 0 Å². The Bertz CT molecular complexity index is 572. The highest BCUT2D eigenvalue weighted by Gasteiger charge is 2.57. The van der Waals surface area contributed by atoms with Crippen LogP contribution in [0.25, 0.3) is 0 Å². The molecule has 0 radical (unpaired) electrons. The molecule has 0 saturated carbocycles. The first-order chi connectivity index (χ1) is 14.3. The standard InChI is InChI=1S/C20H30O9/c1-21-11-25-17-16-15(10-24-9-14-7-5-4-6-8-14)28-20(29-16)19(27-13-23-3)18(17)26-12-22-2/h4-8,15-20H,9-13H2,1-3H3/t15-,16+,17+,18+,19+,20+/m1/s1. The van der Waals surface area contributed by atoms with Crippen molar-refractivity contribution in [2.24, 2.45) is 0 Å². The molecule has 164 valence electrons. The summed E-state index contributed by atoms with van der Waals surface area (Å²) < 4.78 is 50.8. The summed E-state index contributed by atoms with van der Waals surface area (Å²) in [5.41, 5.74) is 1.09. The van der Waals surface area contributed by atoms with Gasteiger partial charge in [0.05, 0.1) is 13.2 Å². The van der Waals surface area contributed by atoms with Crippen LogP contribution in [0.2, 0.25) is 0 Å². The van der Waals surface area contributed by atoms with Crippen LogP contribution in [0.5, 0.6) is 0 Å². The lowest BCUT2D eigenvalue weighted by Crippen LogP contribution is -2.58. The Morgan fingerprint density at radius 1 is 0.759 bits per heavy atom. The SMILES string of the molecule is COCO[C@@H]1[C@H](OCOC)[C@H](OCOC)[C@@H]2O[C@H]1[C@@H](COCc1ccccc1)O2. The van der Waals surface area contributed by atoms with Crippen LogP contribution in [-0.2, 0) is 49.2 Å². The highest BCUT2D eigenvalue weighted by Crippen LogP contribution is 2.37. The maximum atomic E-state index is 6.08. The van der Waals surface area contributed by atoms with Gasteiger partial charge in [-0.1, -0.05) is 30.3 Å². The molecule has 0 unspecified atom stereocenters. The third-order valence-corrected chi connectivity index (χ3v) is 4.73. The molecule has 6 atom stereocenters. The van der Waals surface area contributed by atoms with Gasteiger partial charge in [0.25, 0.3) is 0 Å². The van der Waals surface area contributed by atoms with Crippen LogP contribution in [0.15, 0.2) is 30.3 Å². The number of methoxy groups -OCH3 is 3. The van der Waals surface area contributed by atoms with Crippen molar-refractivity contribution in [2.75, 3.05) is 48.3 Å². The van der Waals surface area contributed by atoms with E-state index >= 15 is 0 Å². The lowest BCUT2D eigenvalue weighted by Gasteiger charge is -2.40. The number of benzene rings is 1. The Kier molecular flexibility index (Phi) is 9.25. The van der Waals surface area contributed by atoms with Gasteiger partial charge in [0, 0.05) is 21.3 Å². The van der Waals surface area contributed by atoms with Crippen molar-refractivity contribution in [2.45, 2.75) is 43.4 Å². The van der Waals surface area contributed by atoms with E-state index in [1.165, 1.54) is 0 Å². The molecule has 0 spiro atoms. The zero-order chi connectivity index (χ0) is 20.5. The van der Waals surface area contributed by atoms with Crippen molar-refractivity contribution in [1.82, 2.24) is 0 Å². The van der Waals surface area contributed by atoms with Crippen molar-refractivity contribution in [1.29, 1.82) is 0 Å². The first-order valence-corrected chi connectivity index (χ1v) is 9.52. The van der Waals surface area contributed by atoms with E-state index in [0.29, 0.717) is 13.2 Å². The van der Waals surface area contributed by atoms with Gasteiger partial charge in [-0.25, -0.2) is 0 Å². The number of ether oxygens (including phenoxy) is 9. The highest BCUT2D eigenvalue weighted by molar-refractivity contribution is 5.13. The summed E-state index contributed by atoms with van der Waals surface area (Å²) in [7, 11) is 4.66. The molecule has 0 amide bonds. The molecule has 9 nitrogen and oxygen atoms in total. The second kappa shape index (κ2) is 11.9. The first kappa shape index (κ1) is 22.5. The molecule has 3 rings (SSSR count). The summed E-state index contributed by atoms with van der Waals surface area (Å²) in [6.07, 6.45) is -2.88. The second-order valence-electron chi connectivity index (χ2n) is 6.76. The molecule has 29 heavy (non-hydrogen) atoms. The van der Waals surface area contributed by atoms with Crippen molar-refractivity contribution >= 4 is 0 Å². The first-order valence-electron chi connectivity index (χ1n) is 9.52. The molecule has 2 fully saturated rings. The second-order valence-corrected chi connectivity index (χ2v) is 6.76. The lowest BCUT2D eigenvalue weighted by atomic mass is 9.97. The van der Waals surface area contributed by atoms with Crippen molar-refractivity contribution in [3.8, 4) is 0 Å². The Morgan fingerprint density at radius 2 is 1.38 bits per heavy atom. The maximum absolute atomic E-state index is 6.08. The molecule has 1 aromatic carbocycles. The van der Waals surface area contributed by atoms with Crippen LogP contribution in [0.4, 0.5) is 0 Å². The molecule has 2 aliphatic heterocycles. The summed E-state index contributed by atoms with van der Waals surface area (Å²) >= 11 is 0. The Labute approximate surface area is 171 Å². The lowest BCUT2D eigenvalue weighted by molar-refractivity contribution is -0.292. The average molecular weight is 414 g/mol. The van der Waals surface area contributed by atoms with E-state index in [1.807, 2.05) is 30.3 Å². The summed E-state index contributed by atoms with van der Waals surface area (Å²) in [6, 6.07) is 9.95. The molecule has 1 aromatic rings. The summed E-state index contributed by atoms with van der Waals surface area (Å²) in [5, 5.41) is 0. The third-order valence-electron chi connectivity index (χ3n) is 4.73. The fraction of sp³-hybridized carbons (Fsp3) is 0.700. The molecular weight excluding hydrogens is 384 g/mol. The fourth-order valence-electron chi connectivity index (χ4n) is 3.49. The van der Waals surface area contributed by atoms with Gasteiger partial charge in [0.2, 0.25) is 0 Å². The van der Waals surface area contributed by atoms with Crippen LogP contribution in [0, 0.1) is 0 Å². The van der Waals surface area contributed by atoms with Crippen LogP contribution >= 0.6 is 0 Å². The molecule has 2 aliphatic rings. The van der Waals surface area contributed by atoms with Gasteiger partial charge in [0.15, 0.2) is 6.29 Å². The van der Waals surface area contributed by atoms with E-state index < -0.39 is 30.7 Å². The third kappa shape index (κ3) is 5.94. The Morgan fingerprint density at radius 3 is 2.03 bits per heavy atom. The van der Waals surface area contributed by atoms with Crippen molar-refractivity contribution in [3.63, 3.8) is 0 Å². The molecule has 2 heterocycles. The van der Waals surface area contributed by atoms with Gasteiger partial charge in [-0.15, -0.1) is 0 Å². The summed E-state index contributed by atoms with van der Waals surface area (Å²) in [6.45, 7) is 1.05. The van der Waals surface area contributed by atoms with Crippen LogP contribution in [-0.4, -0.2) is 85.1 Å². The number of fused-ring (bicyclic) bond motifs is 2. The van der Waals surface area contributed by atoms with E-state index in [0.717, 1.165) is 5.56 Å². The minimum Gasteiger partial charge on any atom is -0.374 e. The molecule has 2 bridgehead atoms. The van der Waals surface area contributed by atoms with Crippen LogP contribution in [0.3, 0.4) is 0 Å². The number of rotatable bonds is 13. The molecule has 2 saturated heterocycles. The minimum atomic E-state index is -0.621. The van der Waals surface area contributed by atoms with Gasteiger partial charge in [-0.2, -0.15) is 0 Å². The average Bonchev–Trinajstić information content (AvgIpc) is 3.11. The van der Waals surface area contributed by atoms with Gasteiger partial charge < -0.3 is 42.6 Å². The molecular formula is C20H30O9. The quantitative estimate of drug-likeness (QED) is 0.444. The normalized spacial score (nSPS) is 31.3. The predicted octanol–water partition coefficient (Wildman–Crippen LogP) is 1.29.